The molecule has 1 aromatic heterocycles. The molecule has 6 nitrogen and oxygen atoms in total. The van der Waals surface area contributed by atoms with Gasteiger partial charge in [-0.15, -0.1) is 0 Å². The second kappa shape index (κ2) is 9.37. The van der Waals surface area contributed by atoms with Crippen LogP contribution in [0.25, 0.3) is 0 Å². The summed E-state index contributed by atoms with van der Waals surface area (Å²) < 4.78 is 10.3. The number of carbonyl (C=O) groups excluding carboxylic acids is 1. The normalized spacial score (nSPS) is 15.8. The molecular weight excluding hydrogens is 342 g/mol. The van der Waals surface area contributed by atoms with Gasteiger partial charge in [0.25, 0.3) is 5.91 Å². The number of nitrogens with zero attached hydrogens (tertiary/aromatic N) is 2. The number of piperidine rings is 1. The van der Waals surface area contributed by atoms with Gasteiger partial charge in [-0.3, -0.25) is 9.69 Å². The molecule has 0 radical (unpaired) electrons. The highest BCUT2D eigenvalue weighted by molar-refractivity contribution is 5.93. The van der Waals surface area contributed by atoms with Crippen LogP contribution in [0.4, 0.5) is 0 Å². The lowest BCUT2D eigenvalue weighted by molar-refractivity contribution is 0.0924. The van der Waals surface area contributed by atoms with Crippen LogP contribution >= 0.6 is 0 Å². The fourth-order valence-electron chi connectivity index (χ4n) is 3.44. The van der Waals surface area contributed by atoms with Crippen molar-refractivity contribution >= 4 is 5.91 Å². The first-order valence-corrected chi connectivity index (χ1v) is 9.37. The third-order valence-corrected chi connectivity index (χ3v) is 5.00. The molecule has 0 spiro atoms. The van der Waals surface area contributed by atoms with Crippen molar-refractivity contribution in [3.8, 4) is 11.6 Å². The molecule has 0 saturated carbocycles. The fourth-order valence-corrected chi connectivity index (χ4v) is 3.44. The molecule has 6 heteroatoms. The van der Waals surface area contributed by atoms with Crippen LogP contribution in [0.3, 0.4) is 0 Å². The number of rotatable bonds is 7. The molecule has 3 rings (SSSR count). The molecule has 1 fully saturated rings. The summed E-state index contributed by atoms with van der Waals surface area (Å²) in [5.41, 5.74) is 1.72. The van der Waals surface area contributed by atoms with Gasteiger partial charge in [0.15, 0.2) is 0 Å². The lowest BCUT2D eigenvalue weighted by Crippen LogP contribution is -2.40. The van der Waals surface area contributed by atoms with Gasteiger partial charge in [0.05, 0.1) is 25.8 Å². The highest BCUT2D eigenvalue weighted by Crippen LogP contribution is 2.26. The molecule has 27 heavy (non-hydrogen) atoms. The van der Waals surface area contributed by atoms with Crippen LogP contribution in [-0.4, -0.2) is 49.6 Å². The Morgan fingerprint density at radius 1 is 1.07 bits per heavy atom. The molecule has 1 N–H and O–H groups in total. The minimum absolute atomic E-state index is 0.124. The molecule has 1 saturated heterocycles. The standard InChI is InChI=1S/C21H27N3O3/c1-26-18-9-6-16(7-10-18)19(24-12-4-3-5-13-24)15-23-21(25)17-8-11-20(27-2)22-14-17/h6-11,14,19H,3-5,12-13,15H2,1-2H3,(H,23,25). The molecule has 2 heterocycles. The van der Waals surface area contributed by atoms with E-state index in [1.165, 1.54) is 31.0 Å². The first-order chi connectivity index (χ1) is 13.2. The highest BCUT2D eigenvalue weighted by atomic mass is 16.5. The maximum atomic E-state index is 12.5. The lowest BCUT2D eigenvalue weighted by Gasteiger charge is -2.35. The van der Waals surface area contributed by atoms with E-state index in [-0.39, 0.29) is 11.9 Å². The Hall–Kier alpha value is -2.60. The van der Waals surface area contributed by atoms with E-state index >= 15 is 0 Å². The van der Waals surface area contributed by atoms with Crippen LogP contribution in [0.5, 0.6) is 11.6 Å². The maximum Gasteiger partial charge on any atom is 0.252 e. The summed E-state index contributed by atoms with van der Waals surface area (Å²) in [4.78, 5) is 19.1. The molecule has 1 atom stereocenters. The van der Waals surface area contributed by atoms with Crippen LogP contribution in [-0.2, 0) is 0 Å². The van der Waals surface area contributed by atoms with Gasteiger partial charge in [-0.25, -0.2) is 4.98 Å². The predicted molar refractivity (Wildman–Crippen MR) is 104 cm³/mol. The summed E-state index contributed by atoms with van der Waals surface area (Å²) >= 11 is 0. The van der Waals surface area contributed by atoms with Crippen LogP contribution in [0.15, 0.2) is 42.6 Å². The summed E-state index contributed by atoms with van der Waals surface area (Å²) in [6.07, 6.45) is 5.21. The first-order valence-electron chi connectivity index (χ1n) is 9.37. The van der Waals surface area contributed by atoms with E-state index in [0.717, 1.165) is 18.8 Å². The van der Waals surface area contributed by atoms with Crippen molar-refractivity contribution in [2.24, 2.45) is 0 Å². The van der Waals surface area contributed by atoms with E-state index in [0.29, 0.717) is 18.0 Å². The van der Waals surface area contributed by atoms with Gasteiger partial charge >= 0.3 is 0 Å². The number of benzene rings is 1. The number of carbonyl (C=O) groups is 1. The summed E-state index contributed by atoms with van der Waals surface area (Å²) in [5, 5.41) is 3.07. The van der Waals surface area contributed by atoms with E-state index in [9.17, 15) is 4.79 Å². The lowest BCUT2D eigenvalue weighted by atomic mass is 10.0. The quantitative estimate of drug-likeness (QED) is 0.813. The second-order valence-electron chi connectivity index (χ2n) is 6.68. The number of hydrogen-bond acceptors (Lipinski definition) is 5. The average Bonchev–Trinajstić information content (AvgIpc) is 2.75. The van der Waals surface area contributed by atoms with Crippen LogP contribution in [0.1, 0.15) is 41.2 Å². The number of ether oxygens (including phenoxy) is 2. The number of likely N-dealkylation sites (tertiary alicyclic amines) is 1. The Bertz CT molecular complexity index is 725. The van der Waals surface area contributed by atoms with Gasteiger partial charge in [0.2, 0.25) is 5.88 Å². The van der Waals surface area contributed by atoms with Gasteiger partial charge in [-0.2, -0.15) is 0 Å². The number of hydrogen-bond donors (Lipinski definition) is 1. The maximum absolute atomic E-state index is 12.5. The fraction of sp³-hybridized carbons (Fsp3) is 0.429. The number of methoxy groups -OCH3 is 2. The number of nitrogens with one attached hydrogen (secondary N) is 1. The number of pyridine rings is 1. The van der Waals surface area contributed by atoms with Crippen molar-refractivity contribution in [3.05, 3.63) is 53.7 Å². The molecule has 1 aromatic carbocycles. The zero-order valence-corrected chi connectivity index (χ0v) is 16.0. The summed E-state index contributed by atoms with van der Waals surface area (Å²) in [6.45, 7) is 2.66. The van der Waals surface area contributed by atoms with Crippen molar-refractivity contribution in [3.63, 3.8) is 0 Å². The Morgan fingerprint density at radius 2 is 1.81 bits per heavy atom. The molecule has 1 aliphatic heterocycles. The van der Waals surface area contributed by atoms with Gasteiger partial charge in [-0.1, -0.05) is 18.6 Å². The third kappa shape index (κ3) is 4.98. The minimum Gasteiger partial charge on any atom is -0.497 e. The van der Waals surface area contributed by atoms with Gasteiger partial charge in [0, 0.05) is 18.8 Å². The molecule has 2 aromatic rings. The van der Waals surface area contributed by atoms with Gasteiger partial charge in [-0.05, 0) is 49.7 Å². The van der Waals surface area contributed by atoms with Crippen molar-refractivity contribution in [1.82, 2.24) is 15.2 Å². The Labute approximate surface area is 160 Å². The summed E-state index contributed by atoms with van der Waals surface area (Å²) in [5.74, 6) is 1.21. The van der Waals surface area contributed by atoms with E-state index in [2.05, 4.69) is 27.3 Å². The monoisotopic (exact) mass is 369 g/mol. The van der Waals surface area contributed by atoms with Crippen molar-refractivity contribution in [2.75, 3.05) is 33.9 Å². The highest BCUT2D eigenvalue weighted by Gasteiger charge is 2.23. The zero-order valence-electron chi connectivity index (χ0n) is 16.0. The van der Waals surface area contributed by atoms with Gasteiger partial charge in [0.1, 0.15) is 5.75 Å². The van der Waals surface area contributed by atoms with Crippen molar-refractivity contribution < 1.29 is 14.3 Å². The average molecular weight is 369 g/mol. The molecule has 144 valence electrons. The first kappa shape index (κ1) is 19.2. The SMILES string of the molecule is COc1ccc(C(CNC(=O)c2ccc(OC)nc2)N2CCCCC2)cc1. The molecule has 1 amide bonds. The largest absolute Gasteiger partial charge is 0.497 e. The topological polar surface area (TPSA) is 63.7 Å². The Kier molecular flexibility index (Phi) is 6.65. The zero-order chi connectivity index (χ0) is 19.1. The molecule has 0 bridgehead atoms. The summed E-state index contributed by atoms with van der Waals surface area (Å²) in [7, 11) is 3.22. The molecule has 0 aliphatic carbocycles. The van der Waals surface area contributed by atoms with Crippen LogP contribution in [0.2, 0.25) is 0 Å². The van der Waals surface area contributed by atoms with E-state index < -0.39 is 0 Å². The smallest absolute Gasteiger partial charge is 0.252 e. The van der Waals surface area contributed by atoms with E-state index in [1.54, 1.807) is 26.4 Å². The molecule has 1 unspecified atom stereocenters. The van der Waals surface area contributed by atoms with E-state index in [4.69, 9.17) is 9.47 Å². The third-order valence-electron chi connectivity index (χ3n) is 5.00. The van der Waals surface area contributed by atoms with Gasteiger partial charge < -0.3 is 14.8 Å². The van der Waals surface area contributed by atoms with Crippen molar-refractivity contribution in [2.45, 2.75) is 25.3 Å². The van der Waals surface area contributed by atoms with E-state index in [1.807, 2.05) is 12.1 Å². The van der Waals surface area contributed by atoms with Crippen molar-refractivity contribution in [1.29, 1.82) is 0 Å². The van der Waals surface area contributed by atoms with Crippen LogP contribution < -0.4 is 14.8 Å². The number of amides is 1. The Morgan fingerprint density at radius 3 is 2.41 bits per heavy atom. The Balaban J connectivity index is 1.70. The summed E-state index contributed by atoms with van der Waals surface area (Å²) in [6, 6.07) is 11.7. The predicted octanol–water partition coefficient (Wildman–Crippen LogP) is 3.06. The number of aromatic nitrogens is 1. The minimum atomic E-state index is -0.124. The second-order valence-corrected chi connectivity index (χ2v) is 6.68. The van der Waals surface area contributed by atoms with Crippen LogP contribution in [0, 0.1) is 0 Å². The molecular formula is C21H27N3O3. The molecule has 1 aliphatic rings.